The number of carbonyl (C=O) groups excluding carboxylic acids is 2. The van der Waals surface area contributed by atoms with Crippen molar-refractivity contribution in [2.45, 2.75) is 45.3 Å². The molecular weight excluding hydrogens is 268 g/mol. The Morgan fingerprint density at radius 2 is 1.86 bits per heavy atom. The number of nitrogens with two attached hydrogens (primary N) is 1. The Bertz CT molecular complexity index is 460. The van der Waals surface area contributed by atoms with E-state index in [4.69, 9.17) is 5.73 Å². The minimum atomic E-state index is -1.11. The Kier molecular flexibility index (Phi) is 6.88. The molecule has 0 heterocycles. The Balaban J connectivity index is 2.54. The van der Waals surface area contributed by atoms with E-state index >= 15 is 0 Å². The van der Waals surface area contributed by atoms with Gasteiger partial charge < -0.3 is 16.2 Å². The monoisotopic (exact) mass is 292 g/mol. The summed E-state index contributed by atoms with van der Waals surface area (Å²) in [6.45, 7) is 3.83. The second-order valence-electron chi connectivity index (χ2n) is 5.63. The van der Waals surface area contributed by atoms with E-state index in [2.05, 4.69) is 5.32 Å². The second kappa shape index (κ2) is 8.42. The summed E-state index contributed by atoms with van der Waals surface area (Å²) >= 11 is 0. The third-order valence-electron chi connectivity index (χ3n) is 3.22. The molecule has 5 nitrogen and oxygen atoms in total. The first-order valence-corrected chi connectivity index (χ1v) is 7.21. The molecule has 0 saturated heterocycles. The molecule has 0 unspecified atom stereocenters. The van der Waals surface area contributed by atoms with Gasteiger partial charge in [-0.25, -0.2) is 0 Å². The van der Waals surface area contributed by atoms with Crippen LogP contribution in [0.4, 0.5) is 0 Å². The summed E-state index contributed by atoms with van der Waals surface area (Å²) in [6.07, 6.45) is 0.299. The van der Waals surface area contributed by atoms with Crippen molar-refractivity contribution in [3.63, 3.8) is 0 Å². The molecule has 0 fully saturated rings. The van der Waals surface area contributed by atoms with E-state index in [1.807, 2.05) is 44.2 Å². The van der Waals surface area contributed by atoms with Crippen molar-refractivity contribution in [3.8, 4) is 0 Å². The van der Waals surface area contributed by atoms with E-state index in [-0.39, 0.29) is 5.92 Å². The highest BCUT2D eigenvalue weighted by Gasteiger charge is 2.23. The number of aryl methyl sites for hydroxylation is 1. The van der Waals surface area contributed by atoms with Crippen LogP contribution in [0.3, 0.4) is 0 Å². The van der Waals surface area contributed by atoms with Crippen LogP contribution < -0.4 is 11.1 Å². The molecule has 0 spiro atoms. The molecule has 1 aromatic rings. The van der Waals surface area contributed by atoms with Crippen LogP contribution in [0.5, 0.6) is 0 Å². The number of benzene rings is 1. The van der Waals surface area contributed by atoms with Gasteiger partial charge in [-0.15, -0.1) is 0 Å². The SMILES string of the molecule is CC(C)C[C@@H](O)C(=O)N[C@H](CCc1ccccc1)C(N)=O. The van der Waals surface area contributed by atoms with Crippen molar-refractivity contribution in [3.05, 3.63) is 35.9 Å². The number of aliphatic hydroxyl groups excluding tert-OH is 1. The average molecular weight is 292 g/mol. The third kappa shape index (κ3) is 6.40. The molecule has 1 rings (SSSR count). The van der Waals surface area contributed by atoms with Crippen molar-refractivity contribution in [2.24, 2.45) is 11.7 Å². The minimum absolute atomic E-state index is 0.196. The lowest BCUT2D eigenvalue weighted by Crippen LogP contribution is -2.48. The Morgan fingerprint density at radius 1 is 1.24 bits per heavy atom. The predicted octanol–water partition coefficient (Wildman–Crippen LogP) is 0.996. The van der Waals surface area contributed by atoms with E-state index in [0.717, 1.165) is 5.56 Å². The van der Waals surface area contributed by atoms with E-state index in [9.17, 15) is 14.7 Å². The quantitative estimate of drug-likeness (QED) is 0.667. The number of rotatable bonds is 8. The molecule has 5 heteroatoms. The molecule has 21 heavy (non-hydrogen) atoms. The van der Waals surface area contributed by atoms with Crippen LogP contribution in [0.25, 0.3) is 0 Å². The molecule has 1 aromatic carbocycles. The van der Waals surface area contributed by atoms with Crippen LogP contribution in [-0.4, -0.2) is 29.1 Å². The number of carbonyl (C=O) groups is 2. The van der Waals surface area contributed by atoms with Gasteiger partial charge in [0.2, 0.25) is 11.8 Å². The number of aliphatic hydroxyl groups is 1. The van der Waals surface area contributed by atoms with Crippen LogP contribution in [0.1, 0.15) is 32.3 Å². The van der Waals surface area contributed by atoms with Crippen LogP contribution in [0.2, 0.25) is 0 Å². The zero-order chi connectivity index (χ0) is 15.8. The van der Waals surface area contributed by atoms with Gasteiger partial charge >= 0.3 is 0 Å². The van der Waals surface area contributed by atoms with Gasteiger partial charge in [-0.2, -0.15) is 0 Å². The smallest absolute Gasteiger partial charge is 0.249 e. The van der Waals surface area contributed by atoms with Crippen molar-refractivity contribution in [1.82, 2.24) is 5.32 Å². The molecule has 2 amide bonds. The number of amides is 2. The summed E-state index contributed by atoms with van der Waals surface area (Å²) in [4.78, 5) is 23.3. The molecule has 0 aliphatic rings. The maximum atomic E-state index is 11.8. The predicted molar refractivity (Wildman–Crippen MR) is 81.3 cm³/mol. The van der Waals surface area contributed by atoms with E-state index < -0.39 is 24.0 Å². The van der Waals surface area contributed by atoms with E-state index in [0.29, 0.717) is 19.3 Å². The first-order chi connectivity index (χ1) is 9.90. The van der Waals surface area contributed by atoms with Crippen LogP contribution >= 0.6 is 0 Å². The highest BCUT2D eigenvalue weighted by atomic mass is 16.3. The van der Waals surface area contributed by atoms with Gasteiger partial charge in [0, 0.05) is 0 Å². The van der Waals surface area contributed by atoms with Crippen molar-refractivity contribution >= 4 is 11.8 Å². The maximum Gasteiger partial charge on any atom is 0.249 e. The molecule has 0 radical (unpaired) electrons. The summed E-state index contributed by atoms with van der Waals surface area (Å²) in [5.41, 5.74) is 6.39. The average Bonchev–Trinajstić information content (AvgIpc) is 2.43. The number of nitrogens with one attached hydrogen (secondary N) is 1. The largest absolute Gasteiger partial charge is 0.383 e. The van der Waals surface area contributed by atoms with Gasteiger partial charge in [-0.3, -0.25) is 9.59 Å². The molecule has 0 aliphatic carbocycles. The fourth-order valence-electron chi connectivity index (χ4n) is 2.06. The highest BCUT2D eigenvalue weighted by Crippen LogP contribution is 2.07. The summed E-state index contributed by atoms with van der Waals surface area (Å²) in [5, 5.41) is 12.3. The molecule has 0 aromatic heterocycles. The topological polar surface area (TPSA) is 92.4 Å². The van der Waals surface area contributed by atoms with E-state index in [1.165, 1.54) is 0 Å². The molecular formula is C16H24N2O3. The zero-order valence-corrected chi connectivity index (χ0v) is 12.6. The van der Waals surface area contributed by atoms with Crippen LogP contribution in [0, 0.1) is 5.92 Å². The minimum Gasteiger partial charge on any atom is -0.383 e. The number of hydrogen-bond acceptors (Lipinski definition) is 3. The van der Waals surface area contributed by atoms with Crippen LogP contribution in [-0.2, 0) is 16.0 Å². The first kappa shape index (κ1) is 17.2. The molecule has 0 aliphatic heterocycles. The fourth-order valence-corrected chi connectivity index (χ4v) is 2.06. The lowest BCUT2D eigenvalue weighted by atomic mass is 10.0. The molecule has 0 bridgehead atoms. The molecule has 0 saturated carbocycles. The normalized spacial score (nSPS) is 13.7. The number of primary amides is 1. The maximum absolute atomic E-state index is 11.8. The third-order valence-corrected chi connectivity index (χ3v) is 3.22. The molecule has 4 N–H and O–H groups in total. The summed E-state index contributed by atoms with van der Waals surface area (Å²) in [5.74, 6) is -0.932. The Morgan fingerprint density at radius 3 is 2.38 bits per heavy atom. The fraction of sp³-hybridized carbons (Fsp3) is 0.500. The number of hydrogen-bond donors (Lipinski definition) is 3. The molecule has 2 atom stereocenters. The Hall–Kier alpha value is -1.88. The summed E-state index contributed by atoms with van der Waals surface area (Å²) < 4.78 is 0. The lowest BCUT2D eigenvalue weighted by molar-refractivity contribution is -0.133. The standard InChI is InChI=1S/C16H24N2O3/c1-11(2)10-14(19)16(21)18-13(15(17)20)9-8-12-6-4-3-5-7-12/h3-7,11,13-14,19H,8-10H2,1-2H3,(H2,17,20)(H,18,21)/t13-,14-/m1/s1. The van der Waals surface area contributed by atoms with Gasteiger partial charge in [0.1, 0.15) is 12.1 Å². The summed E-state index contributed by atoms with van der Waals surface area (Å²) in [7, 11) is 0. The van der Waals surface area contributed by atoms with Crippen molar-refractivity contribution in [1.29, 1.82) is 0 Å². The highest BCUT2D eigenvalue weighted by molar-refractivity contribution is 5.88. The summed E-state index contributed by atoms with van der Waals surface area (Å²) in [6, 6.07) is 8.89. The van der Waals surface area contributed by atoms with Crippen molar-refractivity contribution < 1.29 is 14.7 Å². The van der Waals surface area contributed by atoms with Gasteiger partial charge in [-0.1, -0.05) is 44.2 Å². The van der Waals surface area contributed by atoms with Gasteiger partial charge in [-0.05, 0) is 30.7 Å². The van der Waals surface area contributed by atoms with Crippen molar-refractivity contribution in [2.75, 3.05) is 0 Å². The van der Waals surface area contributed by atoms with Gasteiger partial charge in [0.25, 0.3) is 0 Å². The Labute approximate surface area is 125 Å². The molecule has 116 valence electrons. The second-order valence-corrected chi connectivity index (χ2v) is 5.63. The van der Waals surface area contributed by atoms with E-state index in [1.54, 1.807) is 0 Å². The first-order valence-electron chi connectivity index (χ1n) is 7.21. The van der Waals surface area contributed by atoms with Gasteiger partial charge in [0.15, 0.2) is 0 Å². The lowest BCUT2D eigenvalue weighted by Gasteiger charge is -2.19. The zero-order valence-electron chi connectivity index (χ0n) is 12.6. The van der Waals surface area contributed by atoms with Crippen LogP contribution in [0.15, 0.2) is 30.3 Å². The van der Waals surface area contributed by atoms with Gasteiger partial charge in [0.05, 0.1) is 0 Å².